The van der Waals surface area contributed by atoms with Crippen LogP contribution in [0.15, 0.2) is 41.3 Å². The number of pyridine rings is 2. The van der Waals surface area contributed by atoms with Crippen molar-refractivity contribution in [2.75, 3.05) is 0 Å². The fourth-order valence-corrected chi connectivity index (χ4v) is 2.34. The monoisotopic (exact) mass is 314 g/mol. The van der Waals surface area contributed by atoms with Gasteiger partial charge < -0.3 is 15.2 Å². The predicted molar refractivity (Wildman–Crippen MR) is 80.2 cm³/mol. The number of hydrogen-bond donors (Lipinski definition) is 3. The summed E-state index contributed by atoms with van der Waals surface area (Å²) in [7, 11) is 0. The summed E-state index contributed by atoms with van der Waals surface area (Å²) in [5, 5.41) is 18.8. The maximum absolute atomic E-state index is 12.9. The van der Waals surface area contributed by atoms with Crippen molar-refractivity contribution in [3.63, 3.8) is 0 Å². The van der Waals surface area contributed by atoms with Crippen molar-refractivity contribution < 1.29 is 19.4 Å². The van der Waals surface area contributed by atoms with Crippen molar-refractivity contribution in [1.82, 2.24) is 9.97 Å². The summed E-state index contributed by atoms with van der Waals surface area (Å²) in [6.07, 6.45) is 1.92. The van der Waals surface area contributed by atoms with Crippen LogP contribution in [0.3, 0.4) is 0 Å². The van der Waals surface area contributed by atoms with Crippen molar-refractivity contribution in [2.24, 2.45) is 0 Å². The molecule has 0 aliphatic heterocycles. The van der Waals surface area contributed by atoms with Crippen LogP contribution in [0.25, 0.3) is 11.0 Å². The summed E-state index contributed by atoms with van der Waals surface area (Å²) in [5.74, 6) is -2.52. The number of benzene rings is 1. The molecule has 6 nitrogen and oxygen atoms in total. The molecule has 3 N–H and O–H groups in total. The minimum atomic E-state index is -1.53. The Morgan fingerprint density at radius 1 is 1.22 bits per heavy atom. The van der Waals surface area contributed by atoms with Gasteiger partial charge in [-0.05, 0) is 35.7 Å². The van der Waals surface area contributed by atoms with Crippen molar-refractivity contribution in [3.05, 3.63) is 69.4 Å². The van der Waals surface area contributed by atoms with Crippen molar-refractivity contribution in [1.29, 1.82) is 0 Å². The Hall–Kier alpha value is -3.22. The summed E-state index contributed by atoms with van der Waals surface area (Å²) < 4.78 is 12.9. The number of halogens is 1. The Bertz CT molecular complexity index is 964. The smallest absolute Gasteiger partial charge is 0.345 e. The average Bonchev–Trinajstić information content (AvgIpc) is 2.49. The molecule has 0 aliphatic rings. The maximum Gasteiger partial charge on any atom is 0.345 e. The molecule has 0 amide bonds. The number of carbonyl (C=O) groups is 1. The van der Waals surface area contributed by atoms with E-state index in [4.69, 9.17) is 5.11 Å². The van der Waals surface area contributed by atoms with Crippen LogP contribution in [0.4, 0.5) is 4.39 Å². The first-order valence-electron chi connectivity index (χ1n) is 6.67. The highest BCUT2D eigenvalue weighted by atomic mass is 19.1. The Kier molecular flexibility index (Phi) is 3.53. The lowest BCUT2D eigenvalue weighted by molar-refractivity contribution is 0.0692. The van der Waals surface area contributed by atoms with Gasteiger partial charge in [0.1, 0.15) is 11.3 Å². The van der Waals surface area contributed by atoms with E-state index in [-0.39, 0.29) is 16.9 Å². The number of aromatic carboxylic acids is 1. The third kappa shape index (κ3) is 2.76. The lowest BCUT2D eigenvalue weighted by Gasteiger charge is -2.06. The molecule has 116 valence electrons. The summed E-state index contributed by atoms with van der Waals surface area (Å²) in [4.78, 5) is 29.1. The number of aromatic amines is 1. The van der Waals surface area contributed by atoms with E-state index in [1.54, 1.807) is 18.2 Å². The highest BCUT2D eigenvalue weighted by Crippen LogP contribution is 2.24. The number of carboxylic acids is 1. The molecule has 3 rings (SSSR count). The van der Waals surface area contributed by atoms with Gasteiger partial charge in [0.25, 0.3) is 5.56 Å². The van der Waals surface area contributed by atoms with E-state index in [2.05, 4.69) is 9.97 Å². The molecular formula is C16H11FN2O4. The first-order valence-corrected chi connectivity index (χ1v) is 6.67. The molecule has 1 aromatic carbocycles. The number of nitrogens with zero attached hydrogens (tertiary/aromatic N) is 1. The summed E-state index contributed by atoms with van der Waals surface area (Å²) in [6.45, 7) is 0. The predicted octanol–water partition coefficient (Wildman–Crippen LogP) is 2.06. The minimum Gasteiger partial charge on any atom is -0.505 e. The standard InChI is InChI=1S/C16H11FN2O4/c17-10-3-1-8(2-4-10)5-9-6-11-13(18-7-9)14(20)12(16(22)23)15(21)19-11/h1-4,6-7H,5H2,(H,22,23)(H2,19,20,21). The van der Waals surface area contributed by atoms with Gasteiger partial charge in [-0.25, -0.2) is 9.18 Å². The molecule has 23 heavy (non-hydrogen) atoms. The number of fused-ring (bicyclic) bond motifs is 1. The van der Waals surface area contributed by atoms with Crippen LogP contribution in [-0.2, 0) is 6.42 Å². The van der Waals surface area contributed by atoms with Gasteiger partial charge in [0.05, 0.1) is 5.52 Å². The Morgan fingerprint density at radius 3 is 2.57 bits per heavy atom. The number of nitrogens with one attached hydrogen (secondary N) is 1. The highest BCUT2D eigenvalue weighted by molar-refractivity contribution is 5.96. The lowest BCUT2D eigenvalue weighted by Crippen LogP contribution is -2.18. The van der Waals surface area contributed by atoms with Crippen LogP contribution in [0.5, 0.6) is 5.75 Å². The quantitative estimate of drug-likeness (QED) is 0.686. The SMILES string of the molecule is O=C(O)c1c(O)c2ncc(Cc3ccc(F)cc3)cc2[nH]c1=O. The van der Waals surface area contributed by atoms with Gasteiger partial charge in [0, 0.05) is 6.20 Å². The second-order valence-electron chi connectivity index (χ2n) is 5.03. The van der Waals surface area contributed by atoms with Gasteiger partial charge in [-0.2, -0.15) is 0 Å². The van der Waals surface area contributed by atoms with E-state index in [1.807, 2.05) is 0 Å². The fourth-order valence-electron chi connectivity index (χ4n) is 2.34. The molecule has 2 heterocycles. The van der Waals surface area contributed by atoms with E-state index < -0.39 is 22.8 Å². The number of aromatic nitrogens is 2. The molecule has 0 atom stereocenters. The summed E-state index contributed by atoms with van der Waals surface area (Å²) in [6, 6.07) is 7.55. The molecule has 0 bridgehead atoms. The number of carboxylic acid groups (broad SMARTS) is 1. The number of rotatable bonds is 3. The normalized spacial score (nSPS) is 10.8. The molecule has 0 unspecified atom stereocenters. The lowest BCUT2D eigenvalue weighted by atomic mass is 10.1. The van der Waals surface area contributed by atoms with E-state index in [1.165, 1.54) is 18.3 Å². The minimum absolute atomic E-state index is 0.00450. The van der Waals surface area contributed by atoms with Gasteiger partial charge in [-0.3, -0.25) is 9.78 Å². The Labute approximate surface area is 128 Å². The topological polar surface area (TPSA) is 103 Å². The zero-order chi connectivity index (χ0) is 16.6. The van der Waals surface area contributed by atoms with E-state index in [0.717, 1.165) is 11.1 Å². The van der Waals surface area contributed by atoms with Crippen LogP contribution in [0.1, 0.15) is 21.5 Å². The van der Waals surface area contributed by atoms with E-state index in [9.17, 15) is 19.1 Å². The molecule has 2 aromatic heterocycles. The molecule has 0 fully saturated rings. The molecule has 3 aromatic rings. The second-order valence-corrected chi connectivity index (χ2v) is 5.03. The number of hydrogen-bond acceptors (Lipinski definition) is 4. The molecule has 0 saturated carbocycles. The first-order chi connectivity index (χ1) is 11.0. The molecule has 0 radical (unpaired) electrons. The van der Waals surface area contributed by atoms with Gasteiger partial charge >= 0.3 is 5.97 Å². The van der Waals surface area contributed by atoms with Crippen LogP contribution in [0, 0.1) is 5.82 Å². The third-order valence-electron chi connectivity index (χ3n) is 3.42. The largest absolute Gasteiger partial charge is 0.505 e. The zero-order valence-corrected chi connectivity index (χ0v) is 11.7. The molecular weight excluding hydrogens is 303 g/mol. The van der Waals surface area contributed by atoms with Gasteiger partial charge in [-0.1, -0.05) is 12.1 Å². The third-order valence-corrected chi connectivity index (χ3v) is 3.42. The van der Waals surface area contributed by atoms with Crippen LogP contribution >= 0.6 is 0 Å². The Morgan fingerprint density at radius 2 is 1.91 bits per heavy atom. The van der Waals surface area contributed by atoms with E-state index >= 15 is 0 Å². The molecule has 0 aliphatic carbocycles. The molecule has 7 heteroatoms. The molecule has 0 spiro atoms. The van der Waals surface area contributed by atoms with Crippen LogP contribution in [0.2, 0.25) is 0 Å². The molecule has 0 saturated heterocycles. The maximum atomic E-state index is 12.9. The van der Waals surface area contributed by atoms with Gasteiger partial charge in [-0.15, -0.1) is 0 Å². The Balaban J connectivity index is 2.06. The van der Waals surface area contributed by atoms with Gasteiger partial charge in [0.15, 0.2) is 11.3 Å². The zero-order valence-electron chi connectivity index (χ0n) is 11.7. The summed E-state index contributed by atoms with van der Waals surface area (Å²) >= 11 is 0. The number of H-pyrrole nitrogens is 1. The fraction of sp³-hybridized carbons (Fsp3) is 0.0625. The van der Waals surface area contributed by atoms with Crippen molar-refractivity contribution in [3.8, 4) is 5.75 Å². The highest BCUT2D eigenvalue weighted by Gasteiger charge is 2.19. The summed E-state index contributed by atoms with van der Waals surface area (Å²) in [5.41, 5.74) is 0.171. The number of aromatic hydroxyl groups is 1. The van der Waals surface area contributed by atoms with Crippen molar-refractivity contribution >= 4 is 17.0 Å². The first kappa shape index (κ1) is 14.7. The average molecular weight is 314 g/mol. The van der Waals surface area contributed by atoms with E-state index in [0.29, 0.717) is 6.42 Å². The second kappa shape index (κ2) is 5.53. The van der Waals surface area contributed by atoms with Crippen LogP contribution in [-0.4, -0.2) is 26.2 Å². The van der Waals surface area contributed by atoms with Gasteiger partial charge in [0.2, 0.25) is 0 Å². The van der Waals surface area contributed by atoms with Crippen LogP contribution < -0.4 is 5.56 Å². The van der Waals surface area contributed by atoms with Crippen molar-refractivity contribution in [2.45, 2.75) is 6.42 Å².